The second-order valence-corrected chi connectivity index (χ2v) is 8.59. The zero-order valence-corrected chi connectivity index (χ0v) is 20.9. The van der Waals surface area contributed by atoms with Crippen LogP contribution in [-0.4, -0.2) is 54.0 Å². The van der Waals surface area contributed by atoms with Gasteiger partial charge in [0.2, 0.25) is 5.60 Å². The molecule has 0 aromatic heterocycles. The molecule has 2 aromatic rings. The highest BCUT2D eigenvalue weighted by Gasteiger charge is 2.53. The molecule has 4 rings (SSSR count). The average molecular weight is 559 g/mol. The average Bonchev–Trinajstić information content (AvgIpc) is 2.91. The maximum absolute atomic E-state index is 13.3. The van der Waals surface area contributed by atoms with E-state index in [0.717, 1.165) is 30.2 Å². The number of hydrogen-bond acceptors (Lipinski definition) is 3. The van der Waals surface area contributed by atoms with E-state index in [9.17, 15) is 14.3 Å². The molecule has 2 heterocycles. The molecule has 2 aromatic carbocycles. The number of fused-ring (bicyclic) bond motifs is 2. The summed E-state index contributed by atoms with van der Waals surface area (Å²) in [6, 6.07) is 18.5. The van der Waals surface area contributed by atoms with Crippen LogP contribution in [0.1, 0.15) is 36.8 Å². The van der Waals surface area contributed by atoms with Crippen molar-refractivity contribution in [2.24, 2.45) is 0 Å². The van der Waals surface area contributed by atoms with Crippen LogP contribution in [0.15, 0.2) is 60.7 Å². The molecule has 0 spiro atoms. The fourth-order valence-electron chi connectivity index (χ4n) is 5.33. The van der Waals surface area contributed by atoms with Crippen molar-refractivity contribution in [3.05, 3.63) is 71.8 Å². The summed E-state index contributed by atoms with van der Waals surface area (Å²) in [5.41, 5.74) is -0.864. The van der Waals surface area contributed by atoms with E-state index in [1.807, 2.05) is 12.1 Å². The highest BCUT2D eigenvalue weighted by Crippen LogP contribution is 2.43. The smallest absolute Gasteiger partial charge is 0.347 e. The molecule has 2 aliphatic rings. The SMILES string of the molecule is Br.C[N+]1(CCF)[C@@H]2CC[C@H]1CC(OC(=O)C(O)(c1ccccc1)c1ccccc1)C2.[Br-]. The number of carbonyl (C=O) groups excluding carboxylic acids is 1. The van der Waals surface area contributed by atoms with Gasteiger partial charge >= 0.3 is 5.97 Å². The van der Waals surface area contributed by atoms with Crippen molar-refractivity contribution in [1.82, 2.24) is 0 Å². The second kappa shape index (κ2) is 10.6. The number of piperidine rings is 1. The number of aliphatic hydroxyl groups is 1. The number of nitrogens with zero attached hydrogens (tertiary/aromatic N) is 1. The summed E-state index contributed by atoms with van der Waals surface area (Å²) < 4.78 is 19.8. The molecular weight excluding hydrogens is 529 g/mol. The first-order valence-corrected chi connectivity index (χ1v) is 10.4. The lowest BCUT2D eigenvalue weighted by molar-refractivity contribution is -0.949. The Balaban J connectivity index is 0.00000171. The Morgan fingerprint density at radius 2 is 1.48 bits per heavy atom. The van der Waals surface area contributed by atoms with E-state index in [0.29, 0.717) is 29.8 Å². The van der Waals surface area contributed by atoms with E-state index in [4.69, 9.17) is 4.74 Å². The Labute approximate surface area is 204 Å². The number of benzene rings is 2. The van der Waals surface area contributed by atoms with Gasteiger partial charge in [-0.25, -0.2) is 9.18 Å². The van der Waals surface area contributed by atoms with Gasteiger partial charge in [-0.3, -0.25) is 0 Å². The fourth-order valence-corrected chi connectivity index (χ4v) is 5.33. The molecule has 170 valence electrons. The number of carbonyl (C=O) groups is 1. The zero-order valence-electron chi connectivity index (χ0n) is 17.6. The first kappa shape index (κ1) is 26.0. The summed E-state index contributed by atoms with van der Waals surface area (Å²) in [5, 5.41) is 11.6. The summed E-state index contributed by atoms with van der Waals surface area (Å²) in [4.78, 5) is 13.3. The number of hydrogen-bond donors (Lipinski definition) is 1. The Bertz CT molecular complexity index is 799. The van der Waals surface area contributed by atoms with E-state index in [-0.39, 0.29) is 46.7 Å². The maximum Gasteiger partial charge on any atom is 0.347 e. The lowest BCUT2D eigenvalue weighted by Gasteiger charge is -2.46. The normalized spacial score (nSPS) is 27.0. The largest absolute Gasteiger partial charge is 1.00 e. The standard InChI is InChI=1S/C24H29FNO3.2BrH/c1-26(15-14-25)20-12-13-21(26)17-22(16-20)29-23(27)24(28,18-8-4-2-5-9-18)19-10-6-3-7-11-19;;/h2-11,20-22,28H,12-17H2,1H3;2*1H/q+1;;/p-1/t20-,21+,22?,26?;;. The lowest BCUT2D eigenvalue weighted by atomic mass is 9.86. The van der Waals surface area contributed by atoms with Gasteiger partial charge in [0, 0.05) is 25.7 Å². The van der Waals surface area contributed by atoms with Crippen LogP contribution in [-0.2, 0) is 15.1 Å². The van der Waals surface area contributed by atoms with E-state index < -0.39 is 11.6 Å². The molecule has 2 saturated heterocycles. The van der Waals surface area contributed by atoms with E-state index in [1.165, 1.54) is 0 Å². The van der Waals surface area contributed by atoms with Gasteiger partial charge in [0.1, 0.15) is 19.3 Å². The van der Waals surface area contributed by atoms with Gasteiger partial charge in [-0.05, 0) is 11.1 Å². The fraction of sp³-hybridized carbons (Fsp3) is 0.458. The Morgan fingerprint density at radius 1 is 1.03 bits per heavy atom. The Morgan fingerprint density at radius 3 is 1.90 bits per heavy atom. The van der Waals surface area contributed by atoms with Crippen molar-refractivity contribution in [2.75, 3.05) is 20.3 Å². The number of quaternary nitrogens is 1. The number of ether oxygens (including phenoxy) is 1. The topological polar surface area (TPSA) is 46.5 Å². The van der Waals surface area contributed by atoms with Crippen molar-refractivity contribution in [1.29, 1.82) is 0 Å². The van der Waals surface area contributed by atoms with Crippen molar-refractivity contribution in [3.8, 4) is 0 Å². The maximum atomic E-state index is 13.3. The first-order chi connectivity index (χ1) is 14.0. The van der Waals surface area contributed by atoms with Gasteiger partial charge in [-0.1, -0.05) is 60.7 Å². The summed E-state index contributed by atoms with van der Waals surface area (Å²) in [7, 11) is 2.13. The summed E-state index contributed by atoms with van der Waals surface area (Å²) in [5.74, 6) is -0.638. The third-order valence-corrected chi connectivity index (χ3v) is 7.09. The van der Waals surface area contributed by atoms with E-state index >= 15 is 0 Å². The lowest BCUT2D eigenvalue weighted by Crippen LogP contribution is -3.00. The highest BCUT2D eigenvalue weighted by atomic mass is 79.9. The number of alkyl halides is 1. The quantitative estimate of drug-likeness (QED) is 0.427. The molecule has 2 aliphatic heterocycles. The van der Waals surface area contributed by atoms with Gasteiger partial charge in [-0.15, -0.1) is 17.0 Å². The van der Waals surface area contributed by atoms with Crippen LogP contribution < -0.4 is 17.0 Å². The third-order valence-electron chi connectivity index (χ3n) is 7.09. The van der Waals surface area contributed by atoms with Crippen molar-refractivity contribution in [3.63, 3.8) is 0 Å². The van der Waals surface area contributed by atoms with Crippen molar-refractivity contribution >= 4 is 23.0 Å². The molecular formula is C24H30Br2FNO3. The van der Waals surface area contributed by atoms with Gasteiger partial charge in [0.05, 0.1) is 19.1 Å². The molecule has 7 heteroatoms. The summed E-state index contributed by atoms with van der Waals surface area (Å²) in [6.45, 7) is 0.198. The predicted molar refractivity (Wildman–Crippen MR) is 119 cm³/mol. The number of rotatable bonds is 6. The third kappa shape index (κ3) is 4.75. The minimum Gasteiger partial charge on any atom is -1.00 e. The molecule has 0 saturated carbocycles. The summed E-state index contributed by atoms with van der Waals surface area (Å²) in [6.07, 6.45) is 3.27. The number of halogens is 3. The van der Waals surface area contributed by atoms with Crippen LogP contribution >= 0.6 is 17.0 Å². The van der Waals surface area contributed by atoms with Crippen molar-refractivity contribution in [2.45, 2.75) is 49.5 Å². The van der Waals surface area contributed by atoms with Gasteiger partial charge in [0.25, 0.3) is 0 Å². The van der Waals surface area contributed by atoms with E-state index in [1.54, 1.807) is 48.5 Å². The van der Waals surface area contributed by atoms with Crippen LogP contribution in [0.5, 0.6) is 0 Å². The number of esters is 1. The second-order valence-electron chi connectivity index (χ2n) is 8.59. The molecule has 4 nitrogen and oxygen atoms in total. The molecule has 2 bridgehead atoms. The Kier molecular flexibility index (Phi) is 8.85. The molecule has 4 atom stereocenters. The molecule has 2 fully saturated rings. The minimum atomic E-state index is -1.85. The van der Waals surface area contributed by atoms with Crippen LogP contribution in [0.25, 0.3) is 0 Å². The molecule has 0 amide bonds. The van der Waals surface area contributed by atoms with Crippen molar-refractivity contribution < 1.29 is 40.5 Å². The summed E-state index contributed by atoms with van der Waals surface area (Å²) >= 11 is 0. The van der Waals surface area contributed by atoms with Crippen LogP contribution in [0.2, 0.25) is 0 Å². The Hall–Kier alpha value is -1.28. The van der Waals surface area contributed by atoms with Crippen LogP contribution in [0, 0.1) is 0 Å². The van der Waals surface area contributed by atoms with E-state index in [2.05, 4.69) is 7.05 Å². The molecule has 31 heavy (non-hydrogen) atoms. The van der Waals surface area contributed by atoms with Gasteiger partial charge in [-0.2, -0.15) is 0 Å². The van der Waals surface area contributed by atoms with Crippen LogP contribution in [0.3, 0.4) is 0 Å². The monoisotopic (exact) mass is 557 g/mol. The molecule has 0 radical (unpaired) electrons. The predicted octanol–water partition coefficient (Wildman–Crippen LogP) is 1.16. The zero-order chi connectivity index (χ0) is 20.5. The van der Waals surface area contributed by atoms with Gasteiger partial charge < -0.3 is 31.3 Å². The first-order valence-electron chi connectivity index (χ1n) is 10.4. The minimum absolute atomic E-state index is 0. The van der Waals surface area contributed by atoms with Crippen LogP contribution in [0.4, 0.5) is 4.39 Å². The van der Waals surface area contributed by atoms with Gasteiger partial charge in [0.15, 0.2) is 0 Å². The molecule has 2 unspecified atom stereocenters. The molecule has 0 aliphatic carbocycles. The highest BCUT2D eigenvalue weighted by molar-refractivity contribution is 8.93. The molecule has 1 N–H and O–H groups in total.